The van der Waals surface area contributed by atoms with Crippen molar-refractivity contribution in [3.8, 4) is 11.5 Å². The second-order valence-electron chi connectivity index (χ2n) is 5.09. The number of rotatable bonds is 12. The molecule has 120 valence electrons. The fourth-order valence-electron chi connectivity index (χ4n) is 2.00. The van der Waals surface area contributed by atoms with Gasteiger partial charge in [-0.1, -0.05) is 20.3 Å². The SMILES string of the molecule is CCCCN(CCO)CCOc1ccc(OCCC)cc1. The van der Waals surface area contributed by atoms with Crippen molar-refractivity contribution in [2.24, 2.45) is 0 Å². The summed E-state index contributed by atoms with van der Waals surface area (Å²) in [6.07, 6.45) is 3.34. The number of hydrogen-bond donors (Lipinski definition) is 1. The van der Waals surface area contributed by atoms with E-state index in [1.807, 2.05) is 24.3 Å². The molecule has 0 unspecified atom stereocenters. The molecule has 0 saturated heterocycles. The summed E-state index contributed by atoms with van der Waals surface area (Å²) in [4.78, 5) is 2.24. The number of unbranched alkanes of at least 4 members (excludes halogenated alkanes) is 1. The van der Waals surface area contributed by atoms with Crippen LogP contribution in [-0.2, 0) is 0 Å². The van der Waals surface area contributed by atoms with E-state index in [1.165, 1.54) is 6.42 Å². The minimum Gasteiger partial charge on any atom is -0.494 e. The van der Waals surface area contributed by atoms with Gasteiger partial charge in [-0.05, 0) is 43.7 Å². The van der Waals surface area contributed by atoms with Gasteiger partial charge in [-0.2, -0.15) is 0 Å². The predicted molar refractivity (Wildman–Crippen MR) is 86.2 cm³/mol. The maximum absolute atomic E-state index is 9.06. The average molecular weight is 295 g/mol. The molecular formula is C17H29NO3. The standard InChI is InChI=1S/C17H29NO3/c1-3-5-10-18(11-13-19)12-15-21-17-8-6-16(7-9-17)20-14-4-2/h6-9,19H,3-5,10-15H2,1-2H3. The quantitative estimate of drug-likeness (QED) is 0.644. The molecule has 0 spiro atoms. The zero-order chi connectivity index (χ0) is 15.3. The highest BCUT2D eigenvalue weighted by molar-refractivity contribution is 5.31. The first-order valence-electron chi connectivity index (χ1n) is 7.99. The molecule has 0 heterocycles. The summed E-state index contributed by atoms with van der Waals surface area (Å²) in [6.45, 7) is 8.43. The molecule has 0 atom stereocenters. The van der Waals surface area contributed by atoms with Crippen molar-refractivity contribution in [2.75, 3.05) is 39.5 Å². The molecule has 1 rings (SSSR count). The van der Waals surface area contributed by atoms with E-state index in [2.05, 4.69) is 18.7 Å². The van der Waals surface area contributed by atoms with Crippen LogP contribution < -0.4 is 9.47 Å². The Balaban J connectivity index is 2.29. The minimum atomic E-state index is 0.202. The summed E-state index contributed by atoms with van der Waals surface area (Å²) >= 11 is 0. The molecule has 0 aliphatic heterocycles. The lowest BCUT2D eigenvalue weighted by atomic mass is 10.3. The van der Waals surface area contributed by atoms with Gasteiger partial charge in [0.15, 0.2) is 0 Å². The van der Waals surface area contributed by atoms with Gasteiger partial charge in [0.25, 0.3) is 0 Å². The van der Waals surface area contributed by atoms with Crippen molar-refractivity contribution in [2.45, 2.75) is 33.1 Å². The Morgan fingerprint density at radius 3 is 2.00 bits per heavy atom. The molecule has 4 heteroatoms. The molecule has 0 bridgehead atoms. The monoisotopic (exact) mass is 295 g/mol. The Hall–Kier alpha value is -1.26. The van der Waals surface area contributed by atoms with Crippen LogP contribution in [0, 0.1) is 0 Å². The highest BCUT2D eigenvalue weighted by Gasteiger charge is 2.04. The largest absolute Gasteiger partial charge is 0.494 e. The van der Waals surface area contributed by atoms with Crippen molar-refractivity contribution in [1.82, 2.24) is 4.90 Å². The Morgan fingerprint density at radius 2 is 1.48 bits per heavy atom. The minimum absolute atomic E-state index is 0.202. The fraction of sp³-hybridized carbons (Fsp3) is 0.647. The predicted octanol–water partition coefficient (Wildman–Crippen LogP) is 2.95. The van der Waals surface area contributed by atoms with Gasteiger partial charge in [0.1, 0.15) is 18.1 Å². The third kappa shape index (κ3) is 7.93. The number of aliphatic hydroxyl groups is 1. The van der Waals surface area contributed by atoms with Gasteiger partial charge in [0.05, 0.1) is 13.2 Å². The van der Waals surface area contributed by atoms with Gasteiger partial charge in [0, 0.05) is 13.1 Å². The average Bonchev–Trinajstić information content (AvgIpc) is 2.52. The lowest BCUT2D eigenvalue weighted by Crippen LogP contribution is -2.32. The molecule has 1 aromatic carbocycles. The second kappa shape index (κ2) is 11.4. The summed E-state index contributed by atoms with van der Waals surface area (Å²) in [5.74, 6) is 1.74. The molecule has 0 amide bonds. The van der Waals surface area contributed by atoms with E-state index in [1.54, 1.807) is 0 Å². The van der Waals surface area contributed by atoms with Crippen molar-refractivity contribution in [1.29, 1.82) is 0 Å². The van der Waals surface area contributed by atoms with E-state index < -0.39 is 0 Å². The van der Waals surface area contributed by atoms with Crippen molar-refractivity contribution < 1.29 is 14.6 Å². The smallest absolute Gasteiger partial charge is 0.119 e. The van der Waals surface area contributed by atoms with Gasteiger partial charge in [-0.15, -0.1) is 0 Å². The maximum atomic E-state index is 9.06. The number of ether oxygens (including phenoxy) is 2. The van der Waals surface area contributed by atoms with Crippen LogP contribution in [0.15, 0.2) is 24.3 Å². The molecule has 1 N–H and O–H groups in total. The molecule has 0 aliphatic carbocycles. The van der Waals surface area contributed by atoms with Crippen LogP contribution in [0.4, 0.5) is 0 Å². The van der Waals surface area contributed by atoms with E-state index in [9.17, 15) is 0 Å². The number of benzene rings is 1. The van der Waals surface area contributed by atoms with E-state index in [0.717, 1.165) is 44.0 Å². The van der Waals surface area contributed by atoms with E-state index in [0.29, 0.717) is 13.2 Å². The van der Waals surface area contributed by atoms with E-state index >= 15 is 0 Å². The van der Waals surface area contributed by atoms with Crippen LogP contribution in [0.1, 0.15) is 33.1 Å². The first-order valence-corrected chi connectivity index (χ1v) is 7.99. The zero-order valence-corrected chi connectivity index (χ0v) is 13.4. The highest BCUT2D eigenvalue weighted by atomic mass is 16.5. The molecule has 0 fully saturated rings. The number of aliphatic hydroxyl groups excluding tert-OH is 1. The Bertz CT molecular complexity index is 354. The topological polar surface area (TPSA) is 41.9 Å². The van der Waals surface area contributed by atoms with Crippen molar-refractivity contribution in [3.63, 3.8) is 0 Å². The first-order chi connectivity index (χ1) is 10.3. The normalized spacial score (nSPS) is 10.9. The summed E-state index contributed by atoms with van der Waals surface area (Å²) in [6, 6.07) is 7.75. The third-order valence-corrected chi connectivity index (χ3v) is 3.22. The number of nitrogens with zero attached hydrogens (tertiary/aromatic N) is 1. The van der Waals surface area contributed by atoms with Crippen molar-refractivity contribution >= 4 is 0 Å². The van der Waals surface area contributed by atoms with E-state index in [-0.39, 0.29) is 6.61 Å². The molecular weight excluding hydrogens is 266 g/mol. The van der Waals surface area contributed by atoms with E-state index in [4.69, 9.17) is 14.6 Å². The van der Waals surface area contributed by atoms with Gasteiger partial charge in [0.2, 0.25) is 0 Å². The summed E-state index contributed by atoms with van der Waals surface area (Å²) in [5, 5.41) is 9.06. The van der Waals surface area contributed by atoms with Gasteiger partial charge >= 0.3 is 0 Å². The van der Waals surface area contributed by atoms with Crippen LogP contribution >= 0.6 is 0 Å². The van der Waals surface area contributed by atoms with Crippen LogP contribution in [0.2, 0.25) is 0 Å². The third-order valence-electron chi connectivity index (χ3n) is 3.22. The summed E-state index contributed by atoms with van der Waals surface area (Å²) in [7, 11) is 0. The Labute approximate surface area is 128 Å². The van der Waals surface area contributed by atoms with Gasteiger partial charge in [-0.3, -0.25) is 4.90 Å². The summed E-state index contributed by atoms with van der Waals surface area (Å²) in [5.41, 5.74) is 0. The Kier molecular flexibility index (Phi) is 9.66. The van der Waals surface area contributed by atoms with Crippen molar-refractivity contribution in [3.05, 3.63) is 24.3 Å². The second-order valence-corrected chi connectivity index (χ2v) is 5.09. The lowest BCUT2D eigenvalue weighted by Gasteiger charge is -2.21. The first kappa shape index (κ1) is 17.8. The molecule has 0 radical (unpaired) electrons. The van der Waals surface area contributed by atoms with Crippen LogP contribution in [-0.4, -0.2) is 49.5 Å². The van der Waals surface area contributed by atoms with Crippen LogP contribution in [0.5, 0.6) is 11.5 Å². The molecule has 0 saturated carbocycles. The van der Waals surface area contributed by atoms with Crippen LogP contribution in [0.3, 0.4) is 0 Å². The lowest BCUT2D eigenvalue weighted by molar-refractivity contribution is 0.167. The fourth-order valence-corrected chi connectivity index (χ4v) is 2.00. The molecule has 0 aromatic heterocycles. The molecule has 4 nitrogen and oxygen atoms in total. The van der Waals surface area contributed by atoms with Gasteiger partial charge in [-0.25, -0.2) is 0 Å². The maximum Gasteiger partial charge on any atom is 0.119 e. The Morgan fingerprint density at radius 1 is 0.857 bits per heavy atom. The van der Waals surface area contributed by atoms with Gasteiger partial charge < -0.3 is 14.6 Å². The molecule has 21 heavy (non-hydrogen) atoms. The molecule has 0 aliphatic rings. The number of hydrogen-bond acceptors (Lipinski definition) is 4. The van der Waals surface area contributed by atoms with Crippen LogP contribution in [0.25, 0.3) is 0 Å². The highest BCUT2D eigenvalue weighted by Crippen LogP contribution is 2.17. The molecule has 1 aromatic rings. The zero-order valence-electron chi connectivity index (χ0n) is 13.4. The summed E-state index contributed by atoms with van der Waals surface area (Å²) < 4.78 is 11.3.